The fourth-order valence-electron chi connectivity index (χ4n) is 1.76. The van der Waals surface area contributed by atoms with Crippen molar-refractivity contribution in [2.75, 3.05) is 0 Å². The number of carbonyl (C=O) groups excluding carboxylic acids is 1. The van der Waals surface area contributed by atoms with Gasteiger partial charge in [0, 0.05) is 11.6 Å². The number of Topliss-reactive ketones (excluding diaryl/α,β-unsaturated/α-hetero) is 1. The maximum atomic E-state index is 13.0. The molecule has 2 aromatic heterocycles. The largest absolute Gasteiger partial charge is 0.437 e. The van der Waals surface area contributed by atoms with Crippen molar-refractivity contribution in [2.24, 2.45) is 5.41 Å². The molecule has 2 heterocycles. The molecule has 0 aliphatic rings. The highest BCUT2D eigenvalue weighted by Gasteiger charge is 2.37. The lowest BCUT2D eigenvalue weighted by Crippen LogP contribution is -2.36. The van der Waals surface area contributed by atoms with Crippen molar-refractivity contribution < 1.29 is 18.0 Å². The third-order valence-electron chi connectivity index (χ3n) is 3.04. The molecule has 0 aliphatic carbocycles. The molecule has 0 saturated heterocycles. The summed E-state index contributed by atoms with van der Waals surface area (Å²) in [5.41, 5.74) is -3.06. The SMILES string of the molecule is CC(C)(C)C(=O)Cn1nc(C(F)(F)F)c2cccn2c1=O. The number of ketones is 1. The summed E-state index contributed by atoms with van der Waals surface area (Å²) < 4.78 is 40.4. The number of nitrogens with zero attached hydrogens (tertiary/aromatic N) is 3. The van der Waals surface area contributed by atoms with Crippen LogP contribution in [0.25, 0.3) is 5.52 Å². The van der Waals surface area contributed by atoms with Crippen LogP contribution in [-0.2, 0) is 17.5 Å². The van der Waals surface area contributed by atoms with Crippen molar-refractivity contribution in [3.05, 3.63) is 34.5 Å². The van der Waals surface area contributed by atoms with E-state index in [9.17, 15) is 22.8 Å². The third kappa shape index (κ3) is 2.84. The van der Waals surface area contributed by atoms with E-state index in [1.165, 1.54) is 12.3 Å². The lowest BCUT2D eigenvalue weighted by atomic mass is 9.91. The first-order chi connectivity index (χ1) is 9.51. The number of carbonyl (C=O) groups is 1. The second-order valence-corrected chi connectivity index (χ2v) is 5.72. The van der Waals surface area contributed by atoms with Gasteiger partial charge in [0.15, 0.2) is 11.5 Å². The number of rotatable bonds is 2. The van der Waals surface area contributed by atoms with Crippen LogP contribution in [0.1, 0.15) is 26.5 Å². The van der Waals surface area contributed by atoms with Crippen molar-refractivity contribution in [3.8, 4) is 0 Å². The minimum atomic E-state index is -4.71. The molecule has 0 aliphatic heterocycles. The van der Waals surface area contributed by atoms with E-state index in [0.29, 0.717) is 4.68 Å². The zero-order valence-electron chi connectivity index (χ0n) is 11.7. The Morgan fingerprint density at radius 3 is 2.43 bits per heavy atom. The molecule has 0 spiro atoms. The van der Waals surface area contributed by atoms with Gasteiger partial charge in [0.1, 0.15) is 6.54 Å². The standard InChI is InChI=1S/C13H14F3N3O2/c1-12(2,3)9(20)7-19-11(21)18-6-4-5-8(18)10(17-19)13(14,15)16/h4-6H,7H2,1-3H3. The zero-order valence-corrected chi connectivity index (χ0v) is 11.7. The number of halogens is 3. The Kier molecular flexibility index (Phi) is 3.43. The van der Waals surface area contributed by atoms with Gasteiger partial charge < -0.3 is 0 Å². The van der Waals surface area contributed by atoms with Crippen LogP contribution < -0.4 is 5.69 Å². The number of alkyl halides is 3. The molecule has 0 atom stereocenters. The van der Waals surface area contributed by atoms with Crippen molar-refractivity contribution in [1.29, 1.82) is 0 Å². The fraction of sp³-hybridized carbons (Fsp3) is 0.462. The highest BCUT2D eigenvalue weighted by Crippen LogP contribution is 2.30. The van der Waals surface area contributed by atoms with Crippen LogP contribution in [0, 0.1) is 5.41 Å². The molecule has 2 rings (SSSR count). The molecule has 8 heteroatoms. The van der Waals surface area contributed by atoms with Crippen LogP contribution in [0.5, 0.6) is 0 Å². The second kappa shape index (κ2) is 4.71. The van der Waals surface area contributed by atoms with Gasteiger partial charge in [0.2, 0.25) is 0 Å². The van der Waals surface area contributed by atoms with E-state index in [-0.39, 0.29) is 11.3 Å². The Labute approximate surface area is 118 Å². The molecule has 114 valence electrons. The van der Waals surface area contributed by atoms with Crippen molar-refractivity contribution in [3.63, 3.8) is 0 Å². The summed E-state index contributed by atoms with van der Waals surface area (Å²) in [6, 6.07) is 2.48. The highest BCUT2D eigenvalue weighted by molar-refractivity contribution is 5.83. The summed E-state index contributed by atoms with van der Waals surface area (Å²) in [4.78, 5) is 24.0. The Morgan fingerprint density at radius 2 is 1.90 bits per heavy atom. The van der Waals surface area contributed by atoms with E-state index in [1.54, 1.807) is 20.8 Å². The maximum absolute atomic E-state index is 13.0. The quantitative estimate of drug-likeness (QED) is 0.854. The molecule has 0 aromatic carbocycles. The molecule has 0 saturated carbocycles. The second-order valence-electron chi connectivity index (χ2n) is 5.72. The normalized spacial score (nSPS) is 12.9. The average Bonchev–Trinajstić information content (AvgIpc) is 2.78. The summed E-state index contributed by atoms with van der Waals surface area (Å²) >= 11 is 0. The summed E-state index contributed by atoms with van der Waals surface area (Å²) in [6.45, 7) is 4.37. The minimum absolute atomic E-state index is 0.327. The first kappa shape index (κ1) is 15.3. The van der Waals surface area contributed by atoms with Crippen LogP contribution in [0.15, 0.2) is 23.1 Å². The molecule has 0 amide bonds. The van der Waals surface area contributed by atoms with Gasteiger partial charge in [-0.1, -0.05) is 20.8 Å². The Balaban J connectivity index is 2.63. The Morgan fingerprint density at radius 1 is 1.29 bits per heavy atom. The molecule has 5 nitrogen and oxygen atoms in total. The molecular weight excluding hydrogens is 287 g/mol. The van der Waals surface area contributed by atoms with Gasteiger partial charge >= 0.3 is 11.9 Å². The van der Waals surface area contributed by atoms with E-state index in [2.05, 4.69) is 5.10 Å². The molecule has 0 radical (unpaired) electrons. The molecular formula is C13H14F3N3O2. The first-order valence-electron chi connectivity index (χ1n) is 6.20. The lowest BCUT2D eigenvalue weighted by Gasteiger charge is -2.17. The molecule has 0 unspecified atom stereocenters. The first-order valence-corrected chi connectivity index (χ1v) is 6.20. The number of aromatic nitrogens is 3. The molecule has 21 heavy (non-hydrogen) atoms. The van der Waals surface area contributed by atoms with Gasteiger partial charge in [-0.25, -0.2) is 9.48 Å². The van der Waals surface area contributed by atoms with Crippen molar-refractivity contribution in [1.82, 2.24) is 14.2 Å². The van der Waals surface area contributed by atoms with Gasteiger partial charge in [-0.3, -0.25) is 9.20 Å². The van der Waals surface area contributed by atoms with E-state index in [1.807, 2.05) is 0 Å². The average molecular weight is 301 g/mol. The summed E-state index contributed by atoms with van der Waals surface area (Å²) in [6.07, 6.45) is -3.49. The lowest BCUT2D eigenvalue weighted by molar-refractivity contribution is -0.141. The number of hydrogen-bond donors (Lipinski definition) is 0. The van der Waals surface area contributed by atoms with E-state index in [0.717, 1.165) is 10.5 Å². The van der Waals surface area contributed by atoms with Gasteiger partial charge in [-0.2, -0.15) is 18.3 Å². The third-order valence-corrected chi connectivity index (χ3v) is 3.04. The molecule has 2 aromatic rings. The van der Waals surface area contributed by atoms with E-state index in [4.69, 9.17) is 0 Å². The monoisotopic (exact) mass is 301 g/mol. The smallest absolute Gasteiger partial charge is 0.297 e. The van der Waals surface area contributed by atoms with Gasteiger partial charge in [-0.15, -0.1) is 0 Å². The number of fused-ring (bicyclic) bond motifs is 1. The summed E-state index contributed by atoms with van der Waals surface area (Å²) in [5.74, 6) is -0.378. The number of hydrogen-bond acceptors (Lipinski definition) is 3. The van der Waals surface area contributed by atoms with Crippen LogP contribution in [0.3, 0.4) is 0 Å². The molecule has 0 bridgehead atoms. The zero-order chi connectivity index (χ0) is 16.0. The van der Waals surface area contributed by atoms with Crippen LogP contribution >= 0.6 is 0 Å². The molecule has 0 N–H and O–H groups in total. The minimum Gasteiger partial charge on any atom is -0.297 e. The van der Waals surface area contributed by atoms with Gasteiger partial charge in [0.25, 0.3) is 0 Å². The van der Waals surface area contributed by atoms with Gasteiger partial charge in [-0.05, 0) is 12.1 Å². The Bertz CT molecular complexity index is 751. The van der Waals surface area contributed by atoms with Crippen LogP contribution in [-0.4, -0.2) is 20.0 Å². The maximum Gasteiger partial charge on any atom is 0.437 e. The van der Waals surface area contributed by atoms with Crippen LogP contribution in [0.4, 0.5) is 13.2 Å². The van der Waals surface area contributed by atoms with E-state index < -0.39 is 29.5 Å². The summed E-state index contributed by atoms with van der Waals surface area (Å²) in [7, 11) is 0. The summed E-state index contributed by atoms with van der Waals surface area (Å²) in [5, 5.41) is 3.33. The van der Waals surface area contributed by atoms with Crippen molar-refractivity contribution >= 4 is 11.3 Å². The van der Waals surface area contributed by atoms with Crippen molar-refractivity contribution in [2.45, 2.75) is 33.5 Å². The highest BCUT2D eigenvalue weighted by atomic mass is 19.4. The van der Waals surface area contributed by atoms with Gasteiger partial charge in [0.05, 0.1) is 5.52 Å². The van der Waals surface area contributed by atoms with Crippen LogP contribution in [0.2, 0.25) is 0 Å². The Hall–Kier alpha value is -2.12. The predicted molar refractivity (Wildman–Crippen MR) is 68.9 cm³/mol. The predicted octanol–water partition coefficient (Wildman–Crippen LogP) is 2.13. The molecule has 0 fully saturated rings. The topological polar surface area (TPSA) is 56.4 Å². The fourth-order valence-corrected chi connectivity index (χ4v) is 1.76. The van der Waals surface area contributed by atoms with E-state index >= 15 is 0 Å².